The van der Waals surface area contributed by atoms with E-state index >= 15 is 0 Å². The lowest BCUT2D eigenvalue weighted by atomic mass is 9.67. The second-order valence-electron chi connectivity index (χ2n) is 7.98. The Morgan fingerprint density at radius 1 is 1.23 bits per heavy atom. The maximum atomic E-state index is 5.65. The molecule has 0 aliphatic heterocycles. The first-order valence-electron chi connectivity index (χ1n) is 10.7. The molecule has 1 aromatic carbocycles. The highest BCUT2D eigenvalue weighted by atomic mass is 127. The fourth-order valence-corrected chi connectivity index (χ4v) is 3.63. The highest BCUT2D eigenvalue weighted by Crippen LogP contribution is 2.44. The lowest BCUT2D eigenvalue weighted by Gasteiger charge is -2.40. The smallest absolute Gasteiger partial charge is 0.226 e. The molecule has 1 aromatic heterocycles. The van der Waals surface area contributed by atoms with Crippen LogP contribution in [0.1, 0.15) is 43.9 Å². The molecular formula is C23H35IN4O2. The van der Waals surface area contributed by atoms with Gasteiger partial charge in [0, 0.05) is 45.3 Å². The Bertz CT molecular complexity index is 785. The van der Waals surface area contributed by atoms with E-state index in [0.29, 0.717) is 11.3 Å². The van der Waals surface area contributed by atoms with Gasteiger partial charge in [-0.1, -0.05) is 24.1 Å². The van der Waals surface area contributed by atoms with Crippen LogP contribution in [0, 0.1) is 12.3 Å². The number of benzene rings is 1. The third kappa shape index (κ3) is 6.97. The second kappa shape index (κ2) is 12.3. The fourth-order valence-electron chi connectivity index (χ4n) is 3.63. The average Bonchev–Trinajstić information content (AvgIpc) is 3.16. The molecule has 3 rings (SSSR count). The van der Waals surface area contributed by atoms with E-state index in [0.717, 1.165) is 56.3 Å². The molecule has 2 aromatic rings. The maximum Gasteiger partial charge on any atom is 0.226 e. The van der Waals surface area contributed by atoms with E-state index in [1.807, 2.05) is 12.1 Å². The van der Waals surface area contributed by atoms with Crippen LogP contribution in [-0.2, 0) is 11.2 Å². The number of aromatic nitrogens is 1. The molecule has 0 amide bonds. The van der Waals surface area contributed by atoms with Gasteiger partial charge in [0.05, 0.1) is 5.69 Å². The molecule has 30 heavy (non-hydrogen) atoms. The molecule has 0 spiro atoms. The number of oxazole rings is 1. The van der Waals surface area contributed by atoms with Crippen molar-refractivity contribution in [1.29, 1.82) is 0 Å². The minimum absolute atomic E-state index is 0. The molecule has 1 saturated carbocycles. The van der Waals surface area contributed by atoms with Crippen LogP contribution in [-0.4, -0.2) is 44.3 Å². The van der Waals surface area contributed by atoms with Gasteiger partial charge in [-0.2, -0.15) is 0 Å². The number of ether oxygens (including phenoxy) is 1. The number of hydrogen-bond donors (Lipinski definition) is 2. The number of guanidine groups is 1. The Labute approximate surface area is 197 Å². The van der Waals surface area contributed by atoms with Crippen molar-refractivity contribution in [2.45, 2.75) is 46.0 Å². The summed E-state index contributed by atoms with van der Waals surface area (Å²) in [7, 11) is 1.77. The molecule has 2 N–H and O–H groups in total. The van der Waals surface area contributed by atoms with E-state index in [-0.39, 0.29) is 24.0 Å². The zero-order valence-electron chi connectivity index (χ0n) is 18.4. The predicted octanol–water partition coefficient (Wildman–Crippen LogP) is 4.57. The summed E-state index contributed by atoms with van der Waals surface area (Å²) in [6, 6.07) is 8.22. The zero-order chi connectivity index (χ0) is 20.5. The second-order valence-corrected chi connectivity index (χ2v) is 7.98. The van der Waals surface area contributed by atoms with Crippen LogP contribution >= 0.6 is 24.0 Å². The highest BCUT2D eigenvalue weighted by Gasteiger charge is 2.36. The summed E-state index contributed by atoms with van der Waals surface area (Å²) in [4.78, 5) is 9.46. The van der Waals surface area contributed by atoms with Gasteiger partial charge in [-0.3, -0.25) is 4.99 Å². The molecule has 0 atom stereocenters. The number of methoxy groups -OCH3 is 1. The summed E-state index contributed by atoms with van der Waals surface area (Å²) in [5.74, 6) is 1.55. The van der Waals surface area contributed by atoms with Crippen molar-refractivity contribution in [2.75, 3.05) is 33.4 Å². The van der Waals surface area contributed by atoms with E-state index in [1.54, 1.807) is 13.4 Å². The van der Waals surface area contributed by atoms with Crippen LogP contribution in [0.2, 0.25) is 0 Å². The number of hydrogen-bond acceptors (Lipinski definition) is 4. The lowest BCUT2D eigenvalue weighted by Crippen LogP contribution is -2.41. The number of nitrogens with zero attached hydrogens (tertiary/aromatic N) is 2. The first kappa shape index (κ1) is 24.7. The van der Waals surface area contributed by atoms with Crippen LogP contribution in [0.3, 0.4) is 0 Å². The Morgan fingerprint density at radius 2 is 2.00 bits per heavy atom. The van der Waals surface area contributed by atoms with Crippen molar-refractivity contribution in [2.24, 2.45) is 10.4 Å². The lowest BCUT2D eigenvalue weighted by molar-refractivity contribution is 0.0778. The molecule has 1 aliphatic rings. The van der Waals surface area contributed by atoms with Crippen LogP contribution < -0.4 is 10.6 Å². The van der Waals surface area contributed by atoms with Crippen LogP contribution in [0.4, 0.5) is 0 Å². The molecule has 1 heterocycles. The zero-order valence-corrected chi connectivity index (χ0v) is 20.7. The SMILES string of the molecule is CCNC(=NCC1(CCOC)CCC1)NCCc1coc(-c2ccc(C)cc2)n1.I. The molecule has 1 fully saturated rings. The average molecular weight is 526 g/mol. The quantitative estimate of drug-likeness (QED) is 0.270. The number of aryl methyl sites for hydroxylation is 1. The van der Waals surface area contributed by atoms with Crippen molar-refractivity contribution in [1.82, 2.24) is 15.6 Å². The third-order valence-corrected chi connectivity index (χ3v) is 5.69. The summed E-state index contributed by atoms with van der Waals surface area (Å²) in [6.07, 6.45) is 7.43. The van der Waals surface area contributed by atoms with Crippen LogP contribution in [0.5, 0.6) is 0 Å². The van der Waals surface area contributed by atoms with Crippen molar-refractivity contribution in [3.63, 3.8) is 0 Å². The monoisotopic (exact) mass is 526 g/mol. The van der Waals surface area contributed by atoms with Crippen molar-refractivity contribution < 1.29 is 9.15 Å². The van der Waals surface area contributed by atoms with Gasteiger partial charge in [-0.15, -0.1) is 24.0 Å². The van der Waals surface area contributed by atoms with Gasteiger partial charge in [0.25, 0.3) is 0 Å². The number of nitrogens with one attached hydrogen (secondary N) is 2. The third-order valence-electron chi connectivity index (χ3n) is 5.69. The fraction of sp³-hybridized carbons (Fsp3) is 0.565. The van der Waals surface area contributed by atoms with E-state index in [1.165, 1.54) is 24.8 Å². The van der Waals surface area contributed by atoms with E-state index in [2.05, 4.69) is 41.6 Å². The predicted molar refractivity (Wildman–Crippen MR) is 133 cm³/mol. The molecule has 0 unspecified atom stereocenters. The molecule has 7 heteroatoms. The molecule has 166 valence electrons. The minimum atomic E-state index is 0. The highest BCUT2D eigenvalue weighted by molar-refractivity contribution is 14.0. The summed E-state index contributed by atoms with van der Waals surface area (Å²) >= 11 is 0. The molecule has 0 bridgehead atoms. The summed E-state index contributed by atoms with van der Waals surface area (Å²) in [5.41, 5.74) is 3.50. The van der Waals surface area contributed by atoms with Gasteiger partial charge in [-0.25, -0.2) is 4.98 Å². The van der Waals surface area contributed by atoms with E-state index < -0.39 is 0 Å². The Hall–Kier alpha value is -1.61. The summed E-state index contributed by atoms with van der Waals surface area (Å²) in [6.45, 7) is 7.44. The number of aliphatic imine (C=N–C) groups is 1. The molecular weight excluding hydrogens is 491 g/mol. The van der Waals surface area contributed by atoms with Gasteiger partial charge < -0.3 is 19.8 Å². The van der Waals surface area contributed by atoms with E-state index in [9.17, 15) is 0 Å². The molecule has 0 radical (unpaired) electrons. The number of rotatable bonds is 10. The Kier molecular flexibility index (Phi) is 10.1. The number of halogens is 1. The normalized spacial score (nSPS) is 15.2. The van der Waals surface area contributed by atoms with Crippen LogP contribution in [0.15, 0.2) is 39.9 Å². The van der Waals surface area contributed by atoms with Gasteiger partial charge in [-0.05, 0) is 50.7 Å². The van der Waals surface area contributed by atoms with Gasteiger partial charge in [0.1, 0.15) is 6.26 Å². The summed E-state index contributed by atoms with van der Waals surface area (Å²) < 4.78 is 10.9. The summed E-state index contributed by atoms with van der Waals surface area (Å²) in [5, 5.41) is 6.77. The first-order valence-corrected chi connectivity index (χ1v) is 10.7. The topological polar surface area (TPSA) is 71.7 Å². The first-order chi connectivity index (χ1) is 14.1. The van der Waals surface area contributed by atoms with Gasteiger partial charge in [0.15, 0.2) is 5.96 Å². The van der Waals surface area contributed by atoms with Crippen molar-refractivity contribution >= 4 is 29.9 Å². The maximum absolute atomic E-state index is 5.65. The minimum Gasteiger partial charge on any atom is -0.444 e. The van der Waals surface area contributed by atoms with Crippen molar-refractivity contribution in [3.8, 4) is 11.5 Å². The van der Waals surface area contributed by atoms with Crippen molar-refractivity contribution in [3.05, 3.63) is 41.8 Å². The molecule has 6 nitrogen and oxygen atoms in total. The Balaban J connectivity index is 0.00000320. The molecule has 0 saturated heterocycles. The largest absolute Gasteiger partial charge is 0.444 e. The van der Waals surface area contributed by atoms with Gasteiger partial charge >= 0.3 is 0 Å². The van der Waals surface area contributed by atoms with Crippen LogP contribution in [0.25, 0.3) is 11.5 Å². The van der Waals surface area contributed by atoms with Gasteiger partial charge in [0.2, 0.25) is 5.89 Å². The standard InChI is InChI=1S/C23H34N4O2.HI/c1-4-24-22(26-17-23(11-5-12-23)13-15-28-3)25-14-10-20-16-29-21(27-20)19-8-6-18(2)7-9-19;/h6-9,16H,4-5,10-15,17H2,1-3H3,(H2,24,25,26);1H. The van der Waals surface area contributed by atoms with E-state index in [4.69, 9.17) is 14.1 Å². The Morgan fingerprint density at radius 3 is 2.63 bits per heavy atom. The molecule has 1 aliphatic carbocycles.